The Morgan fingerprint density at radius 1 is 1.39 bits per heavy atom. The first-order valence-electron chi connectivity index (χ1n) is 5.87. The Labute approximate surface area is 109 Å². The van der Waals surface area contributed by atoms with E-state index in [1.807, 2.05) is 19.9 Å². The summed E-state index contributed by atoms with van der Waals surface area (Å²) >= 11 is 0. The molecule has 0 heterocycles. The van der Waals surface area contributed by atoms with Crippen molar-refractivity contribution in [3.8, 4) is 0 Å². The molecule has 18 heavy (non-hydrogen) atoms. The van der Waals surface area contributed by atoms with Gasteiger partial charge in [-0.25, -0.2) is 0 Å². The van der Waals surface area contributed by atoms with Gasteiger partial charge in [0.15, 0.2) is 5.78 Å². The molecule has 3 heteroatoms. The molecule has 0 rings (SSSR count). The van der Waals surface area contributed by atoms with E-state index in [9.17, 15) is 9.90 Å². The van der Waals surface area contributed by atoms with E-state index < -0.39 is 6.10 Å². The predicted octanol–water partition coefficient (Wildman–Crippen LogP) is 2.94. The number of aliphatic hydroxyl groups is 1. The van der Waals surface area contributed by atoms with Gasteiger partial charge in [0.05, 0.1) is 19.0 Å². The summed E-state index contributed by atoms with van der Waals surface area (Å²) in [4.78, 5) is 11.5. The van der Waals surface area contributed by atoms with E-state index in [0.717, 1.165) is 11.3 Å². The highest BCUT2D eigenvalue weighted by molar-refractivity contribution is 5.90. The van der Waals surface area contributed by atoms with Crippen LogP contribution in [0.1, 0.15) is 26.7 Å². The molecule has 0 amide bonds. The molecule has 0 saturated heterocycles. The zero-order valence-electron chi connectivity index (χ0n) is 11.3. The van der Waals surface area contributed by atoms with E-state index in [1.165, 1.54) is 6.08 Å². The molecular weight excluding hydrogens is 228 g/mol. The number of hydrogen-bond donors (Lipinski definition) is 1. The SMILES string of the molecule is C=C(C)/C=C/C(O)CC(=O)/C=C/C/C=C(\C)OC. The Kier molecular flexibility index (Phi) is 8.58. The molecule has 0 bridgehead atoms. The molecule has 0 aliphatic carbocycles. The van der Waals surface area contributed by atoms with Crippen molar-refractivity contribution in [2.24, 2.45) is 0 Å². The number of methoxy groups -OCH3 is 1. The lowest BCUT2D eigenvalue weighted by Gasteiger charge is -2.01. The minimum Gasteiger partial charge on any atom is -0.502 e. The second-order valence-electron chi connectivity index (χ2n) is 4.10. The smallest absolute Gasteiger partial charge is 0.158 e. The number of carbonyl (C=O) groups excluding carboxylic acids is 1. The maximum Gasteiger partial charge on any atom is 0.158 e. The minimum atomic E-state index is -0.755. The van der Waals surface area contributed by atoms with Crippen molar-refractivity contribution < 1.29 is 14.6 Å². The summed E-state index contributed by atoms with van der Waals surface area (Å²) in [5.41, 5.74) is 0.845. The number of ketones is 1. The fourth-order valence-corrected chi connectivity index (χ4v) is 1.13. The number of carbonyl (C=O) groups is 1. The summed E-state index contributed by atoms with van der Waals surface area (Å²) in [6.07, 6.45) is 8.36. The van der Waals surface area contributed by atoms with Gasteiger partial charge >= 0.3 is 0 Å². The Morgan fingerprint density at radius 3 is 2.61 bits per heavy atom. The van der Waals surface area contributed by atoms with E-state index in [0.29, 0.717) is 6.42 Å². The van der Waals surface area contributed by atoms with Gasteiger partial charge in [-0.15, -0.1) is 0 Å². The third-order valence-corrected chi connectivity index (χ3v) is 2.18. The molecule has 3 nitrogen and oxygen atoms in total. The van der Waals surface area contributed by atoms with Gasteiger partial charge in [-0.05, 0) is 32.4 Å². The monoisotopic (exact) mass is 250 g/mol. The van der Waals surface area contributed by atoms with Gasteiger partial charge in [-0.1, -0.05) is 30.4 Å². The van der Waals surface area contributed by atoms with Crippen LogP contribution in [0.4, 0.5) is 0 Å². The van der Waals surface area contributed by atoms with Gasteiger partial charge in [0.2, 0.25) is 0 Å². The fourth-order valence-electron chi connectivity index (χ4n) is 1.13. The van der Waals surface area contributed by atoms with E-state index >= 15 is 0 Å². The molecule has 0 aromatic carbocycles. The first-order chi connectivity index (χ1) is 8.45. The maximum atomic E-state index is 11.5. The van der Waals surface area contributed by atoms with Gasteiger partial charge in [0, 0.05) is 6.42 Å². The molecule has 1 atom stereocenters. The molecule has 0 aliphatic heterocycles. The molecule has 1 unspecified atom stereocenters. The van der Waals surface area contributed by atoms with Crippen molar-refractivity contribution in [3.63, 3.8) is 0 Å². The number of rotatable bonds is 8. The summed E-state index contributed by atoms with van der Waals surface area (Å²) in [7, 11) is 1.60. The molecule has 1 N–H and O–H groups in total. The average molecular weight is 250 g/mol. The molecule has 0 fully saturated rings. The highest BCUT2D eigenvalue weighted by atomic mass is 16.5. The van der Waals surface area contributed by atoms with Crippen molar-refractivity contribution in [1.29, 1.82) is 0 Å². The van der Waals surface area contributed by atoms with Crippen LogP contribution in [0.25, 0.3) is 0 Å². The number of ether oxygens (including phenoxy) is 1. The molecule has 100 valence electrons. The summed E-state index contributed by atoms with van der Waals surface area (Å²) < 4.78 is 4.96. The lowest BCUT2D eigenvalue weighted by atomic mass is 10.1. The molecule has 0 spiro atoms. The molecule has 0 saturated carbocycles. The molecular formula is C15H22O3. The fraction of sp³-hybridized carbons (Fsp3) is 0.400. The van der Waals surface area contributed by atoms with Crippen LogP contribution in [-0.2, 0) is 9.53 Å². The standard InChI is InChI=1S/C15H22O3/c1-12(2)9-10-15(17)11-14(16)8-6-5-7-13(3)18-4/h6-10,15,17H,1,5,11H2,2-4H3/b8-6+,10-9+,13-7+. The predicted molar refractivity (Wildman–Crippen MR) is 74.1 cm³/mol. The lowest BCUT2D eigenvalue weighted by Crippen LogP contribution is -2.08. The van der Waals surface area contributed by atoms with Crippen molar-refractivity contribution >= 4 is 5.78 Å². The molecule has 0 aromatic rings. The summed E-state index contributed by atoms with van der Waals surface area (Å²) in [5.74, 6) is 0.717. The first kappa shape index (κ1) is 16.4. The third kappa shape index (κ3) is 9.60. The van der Waals surface area contributed by atoms with Crippen molar-refractivity contribution in [2.45, 2.75) is 32.8 Å². The number of aliphatic hydroxyl groups excluding tert-OH is 1. The Balaban J connectivity index is 4.04. The molecule has 0 radical (unpaired) electrons. The third-order valence-electron chi connectivity index (χ3n) is 2.18. The molecule has 0 aliphatic rings. The Bertz CT molecular complexity index is 362. The van der Waals surface area contributed by atoms with Crippen LogP contribution in [0.3, 0.4) is 0 Å². The largest absolute Gasteiger partial charge is 0.502 e. The topological polar surface area (TPSA) is 46.5 Å². The minimum absolute atomic E-state index is 0.0905. The van der Waals surface area contributed by atoms with E-state index in [2.05, 4.69) is 6.58 Å². The molecule has 0 aromatic heterocycles. The number of hydrogen-bond acceptors (Lipinski definition) is 3. The maximum absolute atomic E-state index is 11.5. The second kappa shape index (κ2) is 9.42. The zero-order chi connectivity index (χ0) is 14.0. The van der Waals surface area contributed by atoms with Gasteiger partial charge < -0.3 is 9.84 Å². The van der Waals surface area contributed by atoms with Crippen LogP contribution in [0.5, 0.6) is 0 Å². The zero-order valence-corrected chi connectivity index (χ0v) is 11.3. The van der Waals surface area contributed by atoms with Crippen LogP contribution >= 0.6 is 0 Å². The van der Waals surface area contributed by atoms with Gasteiger partial charge in [0.25, 0.3) is 0 Å². The van der Waals surface area contributed by atoms with E-state index in [1.54, 1.807) is 25.3 Å². The van der Waals surface area contributed by atoms with E-state index in [-0.39, 0.29) is 12.2 Å². The van der Waals surface area contributed by atoms with E-state index in [4.69, 9.17) is 4.74 Å². The number of allylic oxidation sites excluding steroid dienone is 6. The van der Waals surface area contributed by atoms with Crippen LogP contribution in [0.2, 0.25) is 0 Å². The summed E-state index contributed by atoms with van der Waals surface area (Å²) in [6.45, 7) is 7.35. The normalized spacial score (nSPS) is 14.1. The van der Waals surface area contributed by atoms with Crippen molar-refractivity contribution in [3.05, 3.63) is 48.3 Å². The van der Waals surface area contributed by atoms with Crippen LogP contribution in [0, 0.1) is 0 Å². The average Bonchev–Trinajstić information content (AvgIpc) is 2.31. The highest BCUT2D eigenvalue weighted by Gasteiger charge is 2.04. The summed E-state index contributed by atoms with van der Waals surface area (Å²) in [5, 5.41) is 9.54. The summed E-state index contributed by atoms with van der Waals surface area (Å²) in [6, 6.07) is 0. The van der Waals surface area contributed by atoms with Crippen LogP contribution in [-0.4, -0.2) is 24.1 Å². The van der Waals surface area contributed by atoms with Crippen molar-refractivity contribution in [2.75, 3.05) is 7.11 Å². The van der Waals surface area contributed by atoms with Gasteiger partial charge in [0.1, 0.15) is 0 Å². The highest BCUT2D eigenvalue weighted by Crippen LogP contribution is 2.01. The Hall–Kier alpha value is -1.61. The lowest BCUT2D eigenvalue weighted by molar-refractivity contribution is -0.115. The Morgan fingerprint density at radius 2 is 2.06 bits per heavy atom. The van der Waals surface area contributed by atoms with Gasteiger partial charge in [-0.3, -0.25) is 4.79 Å². The quantitative estimate of drug-likeness (QED) is 0.409. The van der Waals surface area contributed by atoms with Crippen LogP contribution in [0.15, 0.2) is 48.3 Å². The van der Waals surface area contributed by atoms with Crippen LogP contribution < -0.4 is 0 Å². The second-order valence-corrected chi connectivity index (χ2v) is 4.10. The van der Waals surface area contributed by atoms with Gasteiger partial charge in [-0.2, -0.15) is 0 Å². The van der Waals surface area contributed by atoms with Crippen molar-refractivity contribution in [1.82, 2.24) is 0 Å². The first-order valence-corrected chi connectivity index (χ1v) is 5.87.